The van der Waals surface area contributed by atoms with Gasteiger partial charge in [0.05, 0.1) is 18.8 Å². The molecule has 7 heteroatoms. The van der Waals surface area contributed by atoms with Crippen LogP contribution in [0.1, 0.15) is 17.3 Å². The van der Waals surface area contributed by atoms with Gasteiger partial charge in [-0.1, -0.05) is 0 Å². The molecular formula is C16H20N4O3. The molecule has 0 aliphatic rings. The molecule has 1 aromatic heterocycles. The van der Waals surface area contributed by atoms with Crippen LogP contribution in [0.5, 0.6) is 0 Å². The molecule has 0 aliphatic carbocycles. The first-order valence-electron chi connectivity index (χ1n) is 7.32. The van der Waals surface area contributed by atoms with Crippen LogP contribution in [0.25, 0.3) is 0 Å². The summed E-state index contributed by atoms with van der Waals surface area (Å²) in [4.78, 5) is 19.9. The summed E-state index contributed by atoms with van der Waals surface area (Å²) >= 11 is 0. The average Bonchev–Trinajstić information content (AvgIpc) is 2.56. The minimum Gasteiger partial charge on any atom is -0.462 e. The van der Waals surface area contributed by atoms with E-state index in [1.165, 1.54) is 6.33 Å². The molecule has 23 heavy (non-hydrogen) atoms. The number of anilines is 3. The van der Waals surface area contributed by atoms with E-state index in [0.717, 1.165) is 5.69 Å². The zero-order valence-electron chi connectivity index (χ0n) is 13.2. The molecule has 2 aromatic rings. The molecule has 122 valence electrons. The molecule has 0 radical (unpaired) electrons. The number of hydrogen-bond acceptors (Lipinski definition) is 7. The molecule has 2 N–H and O–H groups in total. The standard InChI is InChI=1S/C16H20N4O3/c1-3-23-16(21)12-4-6-13(7-5-12)20-15-10-14(18-11-19-15)17-8-9-22-2/h4-7,10-11H,3,8-9H2,1-2H3,(H2,17,18,19,20). The normalized spacial score (nSPS) is 10.2. The zero-order chi connectivity index (χ0) is 16.5. The second kappa shape index (κ2) is 8.70. The van der Waals surface area contributed by atoms with Crippen molar-refractivity contribution in [3.8, 4) is 0 Å². The van der Waals surface area contributed by atoms with Gasteiger partial charge in [0.25, 0.3) is 0 Å². The predicted molar refractivity (Wildman–Crippen MR) is 88.1 cm³/mol. The van der Waals surface area contributed by atoms with E-state index in [1.54, 1.807) is 44.4 Å². The quantitative estimate of drug-likeness (QED) is 0.571. The van der Waals surface area contributed by atoms with Crippen LogP contribution in [0.15, 0.2) is 36.7 Å². The number of benzene rings is 1. The Morgan fingerprint density at radius 1 is 1.17 bits per heavy atom. The molecule has 0 bridgehead atoms. The molecule has 0 spiro atoms. The Bertz CT molecular complexity index is 631. The van der Waals surface area contributed by atoms with Crippen LogP contribution in [-0.2, 0) is 9.47 Å². The number of aromatic nitrogens is 2. The maximum Gasteiger partial charge on any atom is 0.338 e. The number of esters is 1. The minimum atomic E-state index is -0.328. The van der Waals surface area contributed by atoms with Crippen LogP contribution in [0.3, 0.4) is 0 Å². The van der Waals surface area contributed by atoms with E-state index in [9.17, 15) is 4.79 Å². The van der Waals surface area contributed by atoms with Gasteiger partial charge in [0, 0.05) is 25.4 Å². The van der Waals surface area contributed by atoms with Crippen LogP contribution >= 0.6 is 0 Å². The summed E-state index contributed by atoms with van der Waals surface area (Å²) in [5, 5.41) is 6.29. The van der Waals surface area contributed by atoms with Gasteiger partial charge in [-0.2, -0.15) is 0 Å². The van der Waals surface area contributed by atoms with Crippen molar-refractivity contribution < 1.29 is 14.3 Å². The van der Waals surface area contributed by atoms with Crippen LogP contribution < -0.4 is 10.6 Å². The second-order valence-electron chi connectivity index (χ2n) is 4.63. The smallest absolute Gasteiger partial charge is 0.338 e. The SMILES string of the molecule is CCOC(=O)c1ccc(Nc2cc(NCCOC)ncn2)cc1. The molecule has 0 atom stereocenters. The lowest BCUT2D eigenvalue weighted by Gasteiger charge is -2.09. The maximum absolute atomic E-state index is 11.6. The monoisotopic (exact) mass is 316 g/mol. The number of carbonyl (C=O) groups is 1. The third-order valence-electron chi connectivity index (χ3n) is 2.95. The van der Waals surface area contributed by atoms with Gasteiger partial charge in [0.1, 0.15) is 18.0 Å². The highest BCUT2D eigenvalue weighted by atomic mass is 16.5. The van der Waals surface area contributed by atoms with E-state index < -0.39 is 0 Å². The molecule has 0 aliphatic heterocycles. The van der Waals surface area contributed by atoms with Crippen molar-refractivity contribution in [2.45, 2.75) is 6.92 Å². The average molecular weight is 316 g/mol. The molecule has 7 nitrogen and oxygen atoms in total. The molecule has 0 unspecified atom stereocenters. The van der Waals surface area contributed by atoms with Crippen molar-refractivity contribution in [2.75, 3.05) is 37.5 Å². The fraction of sp³-hybridized carbons (Fsp3) is 0.312. The summed E-state index contributed by atoms with van der Waals surface area (Å²) in [6.07, 6.45) is 1.48. The van der Waals surface area contributed by atoms with Gasteiger partial charge >= 0.3 is 5.97 Å². The highest BCUT2D eigenvalue weighted by Crippen LogP contribution is 2.17. The van der Waals surface area contributed by atoms with Crippen molar-refractivity contribution in [2.24, 2.45) is 0 Å². The minimum absolute atomic E-state index is 0.328. The number of nitrogens with one attached hydrogen (secondary N) is 2. The number of rotatable bonds is 8. The topological polar surface area (TPSA) is 85.4 Å². The van der Waals surface area contributed by atoms with E-state index >= 15 is 0 Å². The van der Waals surface area contributed by atoms with Gasteiger partial charge in [0.15, 0.2) is 0 Å². The molecule has 1 aromatic carbocycles. The fourth-order valence-corrected chi connectivity index (χ4v) is 1.86. The van der Waals surface area contributed by atoms with Gasteiger partial charge in [-0.25, -0.2) is 14.8 Å². The van der Waals surface area contributed by atoms with Crippen LogP contribution in [0.2, 0.25) is 0 Å². The molecule has 2 rings (SSSR count). The van der Waals surface area contributed by atoms with Crippen molar-refractivity contribution in [1.82, 2.24) is 9.97 Å². The third-order valence-corrected chi connectivity index (χ3v) is 2.95. The Kier molecular flexibility index (Phi) is 6.31. The van der Waals surface area contributed by atoms with Crippen molar-refractivity contribution in [3.63, 3.8) is 0 Å². The first-order chi connectivity index (χ1) is 11.2. The first-order valence-corrected chi connectivity index (χ1v) is 7.32. The number of carbonyl (C=O) groups excluding carboxylic acids is 1. The summed E-state index contributed by atoms with van der Waals surface area (Å²) in [6, 6.07) is 8.81. The number of ether oxygens (including phenoxy) is 2. The first kappa shape index (κ1) is 16.7. The highest BCUT2D eigenvalue weighted by molar-refractivity contribution is 5.89. The third kappa shape index (κ3) is 5.23. The molecule has 0 fully saturated rings. The summed E-state index contributed by atoms with van der Waals surface area (Å²) in [5.74, 6) is 1.04. The summed E-state index contributed by atoms with van der Waals surface area (Å²) in [5.41, 5.74) is 1.33. The Morgan fingerprint density at radius 3 is 2.61 bits per heavy atom. The molecule has 0 saturated carbocycles. The Hall–Kier alpha value is -2.67. The summed E-state index contributed by atoms with van der Waals surface area (Å²) in [7, 11) is 1.65. The highest BCUT2D eigenvalue weighted by Gasteiger charge is 2.06. The molecular weight excluding hydrogens is 296 g/mol. The Labute approximate surface area is 135 Å². The summed E-state index contributed by atoms with van der Waals surface area (Å²) in [6.45, 7) is 3.41. The number of nitrogens with zero attached hydrogens (tertiary/aromatic N) is 2. The maximum atomic E-state index is 11.6. The predicted octanol–water partition coefficient (Wildman–Crippen LogP) is 2.46. The van der Waals surface area contributed by atoms with E-state index in [1.807, 2.05) is 0 Å². The molecule has 0 amide bonds. The van der Waals surface area contributed by atoms with Gasteiger partial charge in [-0.15, -0.1) is 0 Å². The molecule has 1 heterocycles. The van der Waals surface area contributed by atoms with Crippen LogP contribution in [0, 0.1) is 0 Å². The van der Waals surface area contributed by atoms with Gasteiger partial charge in [0.2, 0.25) is 0 Å². The van der Waals surface area contributed by atoms with E-state index in [0.29, 0.717) is 37.0 Å². The van der Waals surface area contributed by atoms with Crippen LogP contribution in [-0.4, -0.2) is 42.8 Å². The number of methoxy groups -OCH3 is 1. The zero-order valence-corrected chi connectivity index (χ0v) is 13.2. The van der Waals surface area contributed by atoms with E-state index in [-0.39, 0.29) is 5.97 Å². The van der Waals surface area contributed by atoms with Crippen molar-refractivity contribution in [1.29, 1.82) is 0 Å². The van der Waals surface area contributed by atoms with Gasteiger partial charge in [-0.3, -0.25) is 0 Å². The number of hydrogen-bond donors (Lipinski definition) is 2. The fourth-order valence-electron chi connectivity index (χ4n) is 1.86. The second-order valence-corrected chi connectivity index (χ2v) is 4.63. The Balaban J connectivity index is 1.98. The van der Waals surface area contributed by atoms with E-state index in [4.69, 9.17) is 9.47 Å². The molecule has 0 saturated heterocycles. The lowest BCUT2D eigenvalue weighted by atomic mass is 10.2. The lowest BCUT2D eigenvalue weighted by molar-refractivity contribution is 0.0526. The lowest BCUT2D eigenvalue weighted by Crippen LogP contribution is -2.09. The van der Waals surface area contributed by atoms with Gasteiger partial charge < -0.3 is 20.1 Å². The largest absolute Gasteiger partial charge is 0.462 e. The van der Waals surface area contributed by atoms with Crippen molar-refractivity contribution >= 4 is 23.3 Å². The van der Waals surface area contributed by atoms with Gasteiger partial charge in [-0.05, 0) is 31.2 Å². The van der Waals surface area contributed by atoms with Crippen molar-refractivity contribution in [3.05, 3.63) is 42.2 Å². The van der Waals surface area contributed by atoms with Crippen LogP contribution in [0.4, 0.5) is 17.3 Å². The summed E-state index contributed by atoms with van der Waals surface area (Å²) < 4.78 is 9.93. The van der Waals surface area contributed by atoms with E-state index in [2.05, 4.69) is 20.6 Å². The Morgan fingerprint density at radius 2 is 1.91 bits per heavy atom.